The molecular weight excluding hydrogens is 208 g/mol. The number of hydrogen-bond acceptors (Lipinski definition) is 4. The third kappa shape index (κ3) is 1.58. The van der Waals surface area contributed by atoms with E-state index in [2.05, 4.69) is 10.1 Å². The van der Waals surface area contributed by atoms with Gasteiger partial charge in [-0.1, -0.05) is 23.4 Å². The van der Waals surface area contributed by atoms with Crippen LogP contribution < -0.4 is 0 Å². The lowest BCUT2D eigenvalue weighted by Gasteiger charge is -2.03. The van der Waals surface area contributed by atoms with Crippen LogP contribution in [0.1, 0.15) is 5.56 Å². The quantitative estimate of drug-likeness (QED) is 0.452. The van der Waals surface area contributed by atoms with Crippen LogP contribution in [-0.2, 0) is 4.79 Å². The third-order valence-corrected chi connectivity index (χ3v) is 2.24. The molecule has 0 bridgehead atoms. The summed E-state index contributed by atoms with van der Waals surface area (Å²) >= 11 is 0. The van der Waals surface area contributed by atoms with Gasteiger partial charge in [0.05, 0.1) is 0 Å². The maximum atomic E-state index is 10.9. The number of oxime groups is 1. The highest BCUT2D eigenvalue weighted by atomic mass is 16.4. The molecule has 5 nitrogen and oxygen atoms in total. The van der Waals surface area contributed by atoms with Crippen molar-refractivity contribution in [3.63, 3.8) is 0 Å². The van der Waals surface area contributed by atoms with Crippen LogP contribution >= 0.6 is 0 Å². The number of rotatable bonds is 2. The maximum absolute atomic E-state index is 10.9. The predicted molar refractivity (Wildman–Crippen MR) is 57.7 cm³/mol. The van der Waals surface area contributed by atoms with Crippen LogP contribution in [0.3, 0.4) is 0 Å². The summed E-state index contributed by atoms with van der Waals surface area (Å²) in [5, 5.41) is 21.8. The van der Waals surface area contributed by atoms with Crippen LogP contribution in [0.4, 0.5) is 0 Å². The molecule has 0 aliphatic rings. The molecule has 0 aliphatic carbocycles. The SMILES string of the molecule is O=C(O)C(=NO)c1cccc2ccncc12. The molecule has 2 N–H and O–H groups in total. The fourth-order valence-corrected chi connectivity index (χ4v) is 1.53. The Morgan fingerprint density at radius 2 is 2.12 bits per heavy atom. The first-order valence-corrected chi connectivity index (χ1v) is 4.52. The van der Waals surface area contributed by atoms with Crippen LogP contribution in [0.15, 0.2) is 41.8 Å². The first-order chi connectivity index (χ1) is 7.74. The molecule has 0 spiro atoms. The van der Waals surface area contributed by atoms with Crippen LogP contribution in [0.2, 0.25) is 0 Å². The summed E-state index contributed by atoms with van der Waals surface area (Å²) in [6.07, 6.45) is 3.15. The van der Waals surface area contributed by atoms with Crippen molar-refractivity contribution in [3.05, 3.63) is 42.2 Å². The van der Waals surface area contributed by atoms with Gasteiger partial charge in [-0.25, -0.2) is 4.79 Å². The van der Waals surface area contributed by atoms with Gasteiger partial charge in [0.15, 0.2) is 5.71 Å². The van der Waals surface area contributed by atoms with Crippen LogP contribution in [0.25, 0.3) is 10.8 Å². The average Bonchev–Trinajstić information content (AvgIpc) is 2.30. The number of carbonyl (C=O) groups is 1. The zero-order valence-corrected chi connectivity index (χ0v) is 8.16. The number of aliphatic carboxylic acids is 1. The fraction of sp³-hybridized carbons (Fsp3) is 0. The van der Waals surface area contributed by atoms with E-state index in [1.807, 2.05) is 6.07 Å². The molecule has 0 amide bonds. The first-order valence-electron chi connectivity index (χ1n) is 4.52. The first kappa shape index (κ1) is 10.1. The zero-order chi connectivity index (χ0) is 11.5. The molecule has 0 atom stereocenters. The number of fused-ring (bicyclic) bond motifs is 1. The molecule has 2 rings (SSSR count). The molecular formula is C11H8N2O3. The lowest BCUT2D eigenvalue weighted by molar-refractivity contribution is -0.129. The van der Waals surface area contributed by atoms with Crippen molar-refractivity contribution in [2.24, 2.45) is 5.16 Å². The molecule has 80 valence electrons. The van der Waals surface area contributed by atoms with E-state index in [9.17, 15) is 4.79 Å². The smallest absolute Gasteiger partial charge is 0.358 e. The Kier molecular flexibility index (Phi) is 2.51. The van der Waals surface area contributed by atoms with Gasteiger partial charge >= 0.3 is 5.97 Å². The lowest BCUT2D eigenvalue weighted by Crippen LogP contribution is -2.14. The average molecular weight is 216 g/mol. The van der Waals surface area contributed by atoms with Crippen LogP contribution in [0.5, 0.6) is 0 Å². The number of hydrogen-bond donors (Lipinski definition) is 2. The standard InChI is InChI=1S/C11H8N2O3/c14-11(15)10(13-16)8-3-1-2-7-4-5-12-6-9(7)8/h1-6,16H,(H,14,15). The van der Waals surface area contributed by atoms with Gasteiger partial charge < -0.3 is 10.3 Å². The topological polar surface area (TPSA) is 82.8 Å². The van der Waals surface area contributed by atoms with Gasteiger partial charge in [-0.3, -0.25) is 4.98 Å². The minimum absolute atomic E-state index is 0.348. The lowest BCUT2D eigenvalue weighted by atomic mass is 10.0. The number of nitrogens with zero attached hydrogens (tertiary/aromatic N) is 2. The van der Waals surface area contributed by atoms with E-state index < -0.39 is 11.7 Å². The Balaban J connectivity index is 2.74. The molecule has 0 fully saturated rings. The summed E-state index contributed by atoms with van der Waals surface area (Å²) in [4.78, 5) is 14.8. The molecule has 0 saturated heterocycles. The van der Waals surface area contributed by atoms with Crippen molar-refractivity contribution in [1.82, 2.24) is 4.98 Å². The predicted octanol–water partition coefficient (Wildman–Crippen LogP) is 1.50. The second-order valence-corrected chi connectivity index (χ2v) is 3.16. The Hall–Kier alpha value is -2.43. The van der Waals surface area contributed by atoms with Crippen molar-refractivity contribution in [3.8, 4) is 0 Å². The molecule has 0 saturated carbocycles. The van der Waals surface area contributed by atoms with E-state index in [0.29, 0.717) is 10.9 Å². The summed E-state index contributed by atoms with van der Waals surface area (Å²) in [5.41, 5.74) is -0.0424. The van der Waals surface area contributed by atoms with Gasteiger partial charge in [-0.05, 0) is 11.5 Å². The maximum Gasteiger partial charge on any atom is 0.358 e. The number of carboxylic acids is 1. The minimum Gasteiger partial charge on any atom is -0.476 e. The van der Waals surface area contributed by atoms with Crippen LogP contribution in [-0.4, -0.2) is 27.0 Å². The summed E-state index contributed by atoms with van der Waals surface area (Å²) in [6, 6.07) is 6.87. The summed E-state index contributed by atoms with van der Waals surface area (Å²) in [6.45, 7) is 0. The summed E-state index contributed by atoms with van der Waals surface area (Å²) in [5.74, 6) is -1.28. The van der Waals surface area contributed by atoms with E-state index in [0.717, 1.165) is 5.39 Å². The van der Waals surface area contributed by atoms with Crippen molar-refractivity contribution >= 4 is 22.5 Å². The van der Waals surface area contributed by atoms with Gasteiger partial charge in [0.1, 0.15) is 0 Å². The largest absolute Gasteiger partial charge is 0.476 e. The number of benzene rings is 1. The van der Waals surface area contributed by atoms with Crippen molar-refractivity contribution in [2.45, 2.75) is 0 Å². The Bertz CT molecular complexity index is 573. The van der Waals surface area contributed by atoms with Gasteiger partial charge in [-0.15, -0.1) is 0 Å². The molecule has 16 heavy (non-hydrogen) atoms. The zero-order valence-electron chi connectivity index (χ0n) is 8.16. The highest BCUT2D eigenvalue weighted by Crippen LogP contribution is 2.18. The molecule has 0 radical (unpaired) electrons. The molecule has 1 aromatic heterocycles. The Morgan fingerprint density at radius 1 is 1.31 bits per heavy atom. The van der Waals surface area contributed by atoms with Crippen molar-refractivity contribution in [1.29, 1.82) is 0 Å². The number of carboxylic acid groups (broad SMARTS) is 1. The normalized spacial score (nSPS) is 11.6. The van der Waals surface area contributed by atoms with E-state index in [-0.39, 0.29) is 0 Å². The molecule has 2 aromatic rings. The number of pyridine rings is 1. The van der Waals surface area contributed by atoms with Gasteiger partial charge in [0, 0.05) is 23.3 Å². The van der Waals surface area contributed by atoms with E-state index in [4.69, 9.17) is 10.3 Å². The second-order valence-electron chi connectivity index (χ2n) is 3.16. The van der Waals surface area contributed by atoms with Crippen LogP contribution in [0, 0.1) is 0 Å². The van der Waals surface area contributed by atoms with Crippen molar-refractivity contribution in [2.75, 3.05) is 0 Å². The molecule has 0 unspecified atom stereocenters. The Labute approximate surface area is 90.7 Å². The highest BCUT2D eigenvalue weighted by molar-refractivity contribution is 6.44. The summed E-state index contributed by atoms with van der Waals surface area (Å²) < 4.78 is 0. The monoisotopic (exact) mass is 216 g/mol. The van der Waals surface area contributed by atoms with Gasteiger partial charge in [-0.2, -0.15) is 0 Å². The minimum atomic E-state index is -1.28. The van der Waals surface area contributed by atoms with E-state index in [1.165, 1.54) is 0 Å². The van der Waals surface area contributed by atoms with E-state index in [1.54, 1.807) is 30.6 Å². The van der Waals surface area contributed by atoms with Gasteiger partial charge in [0.2, 0.25) is 0 Å². The molecule has 1 aromatic carbocycles. The molecule has 5 heteroatoms. The highest BCUT2D eigenvalue weighted by Gasteiger charge is 2.15. The van der Waals surface area contributed by atoms with E-state index >= 15 is 0 Å². The number of aromatic nitrogens is 1. The fourth-order valence-electron chi connectivity index (χ4n) is 1.53. The third-order valence-electron chi connectivity index (χ3n) is 2.24. The summed E-state index contributed by atoms with van der Waals surface area (Å²) in [7, 11) is 0. The molecule has 0 aliphatic heterocycles. The second kappa shape index (κ2) is 3.98. The van der Waals surface area contributed by atoms with Crippen molar-refractivity contribution < 1.29 is 15.1 Å². The Morgan fingerprint density at radius 3 is 2.81 bits per heavy atom. The van der Waals surface area contributed by atoms with Gasteiger partial charge in [0.25, 0.3) is 0 Å². The molecule has 1 heterocycles.